The number of rotatable bonds is 6. The Morgan fingerprint density at radius 3 is 2.85 bits per heavy atom. The Labute approximate surface area is 156 Å². The molecule has 3 aromatic rings. The molecule has 1 aromatic carbocycles. The van der Waals surface area contributed by atoms with Crippen molar-refractivity contribution in [2.75, 3.05) is 19.0 Å². The third kappa shape index (κ3) is 4.06. The van der Waals surface area contributed by atoms with Crippen LogP contribution in [0.15, 0.2) is 42.7 Å². The van der Waals surface area contributed by atoms with Crippen molar-refractivity contribution >= 4 is 5.95 Å². The molecule has 1 aliphatic heterocycles. The van der Waals surface area contributed by atoms with Gasteiger partial charge in [0, 0.05) is 37.6 Å². The lowest BCUT2D eigenvalue weighted by molar-refractivity contribution is 0.202. The Balaban J connectivity index is 1.41. The van der Waals surface area contributed by atoms with Crippen molar-refractivity contribution in [3.05, 3.63) is 65.5 Å². The molecule has 8 heteroatoms. The third-order valence-electron chi connectivity index (χ3n) is 4.56. The standard InChI is InChI=1S/C19H21FN6O/c1-27-18-4-3-15(20)9-14(18)12-25-7-8-26-17(13-25)10-16(24-26)11-23-19-21-5-2-6-22-19/h2-6,9-10H,7-8,11-13H2,1H3,(H,21,22,23). The predicted molar refractivity (Wildman–Crippen MR) is 98.7 cm³/mol. The first kappa shape index (κ1) is 17.4. The van der Waals surface area contributed by atoms with Gasteiger partial charge in [0.1, 0.15) is 11.6 Å². The lowest BCUT2D eigenvalue weighted by Gasteiger charge is -2.28. The van der Waals surface area contributed by atoms with Gasteiger partial charge in [-0.05, 0) is 30.3 Å². The van der Waals surface area contributed by atoms with Crippen molar-refractivity contribution in [3.8, 4) is 5.75 Å². The summed E-state index contributed by atoms with van der Waals surface area (Å²) < 4.78 is 21.0. The molecule has 0 fully saturated rings. The van der Waals surface area contributed by atoms with Crippen LogP contribution in [0.2, 0.25) is 0 Å². The van der Waals surface area contributed by atoms with E-state index in [-0.39, 0.29) is 5.82 Å². The number of methoxy groups -OCH3 is 1. The number of nitrogens with one attached hydrogen (secondary N) is 1. The molecule has 0 aliphatic carbocycles. The highest BCUT2D eigenvalue weighted by molar-refractivity contribution is 5.34. The maximum absolute atomic E-state index is 13.6. The first-order chi connectivity index (χ1) is 13.2. The molecule has 0 bridgehead atoms. The molecule has 1 aliphatic rings. The van der Waals surface area contributed by atoms with Crippen LogP contribution < -0.4 is 10.1 Å². The van der Waals surface area contributed by atoms with E-state index < -0.39 is 0 Å². The molecule has 0 amide bonds. The average molecular weight is 368 g/mol. The monoisotopic (exact) mass is 368 g/mol. The smallest absolute Gasteiger partial charge is 0.222 e. The summed E-state index contributed by atoms with van der Waals surface area (Å²) in [6.45, 7) is 3.62. The lowest BCUT2D eigenvalue weighted by atomic mass is 10.1. The van der Waals surface area contributed by atoms with E-state index in [1.165, 1.54) is 6.07 Å². The van der Waals surface area contributed by atoms with Crippen molar-refractivity contribution in [1.82, 2.24) is 24.6 Å². The molecule has 0 saturated carbocycles. The minimum Gasteiger partial charge on any atom is -0.496 e. The highest BCUT2D eigenvalue weighted by Gasteiger charge is 2.20. The molecule has 7 nitrogen and oxygen atoms in total. The topological polar surface area (TPSA) is 68.1 Å². The Bertz CT molecular complexity index is 914. The Morgan fingerprint density at radius 2 is 2.04 bits per heavy atom. The van der Waals surface area contributed by atoms with Gasteiger partial charge in [0.2, 0.25) is 5.95 Å². The summed E-state index contributed by atoms with van der Waals surface area (Å²) in [5.41, 5.74) is 2.94. The highest BCUT2D eigenvalue weighted by Crippen LogP contribution is 2.23. The summed E-state index contributed by atoms with van der Waals surface area (Å²) in [6, 6.07) is 8.51. The summed E-state index contributed by atoms with van der Waals surface area (Å²) in [5, 5.41) is 7.81. The third-order valence-corrected chi connectivity index (χ3v) is 4.56. The maximum Gasteiger partial charge on any atom is 0.222 e. The van der Waals surface area contributed by atoms with Crippen molar-refractivity contribution in [3.63, 3.8) is 0 Å². The molecule has 0 unspecified atom stereocenters. The van der Waals surface area contributed by atoms with Crippen molar-refractivity contribution < 1.29 is 9.13 Å². The van der Waals surface area contributed by atoms with E-state index in [0.717, 1.165) is 36.6 Å². The second kappa shape index (κ2) is 7.71. The minimum absolute atomic E-state index is 0.246. The van der Waals surface area contributed by atoms with Gasteiger partial charge in [0.05, 0.1) is 31.6 Å². The number of ether oxygens (including phenoxy) is 1. The molecular formula is C19H21FN6O. The molecule has 0 radical (unpaired) electrons. The van der Waals surface area contributed by atoms with Crippen LogP contribution >= 0.6 is 0 Å². The van der Waals surface area contributed by atoms with Crippen molar-refractivity contribution in [2.24, 2.45) is 0 Å². The number of nitrogens with zero attached hydrogens (tertiary/aromatic N) is 5. The lowest BCUT2D eigenvalue weighted by Crippen LogP contribution is -2.33. The van der Waals surface area contributed by atoms with Gasteiger partial charge < -0.3 is 10.1 Å². The molecule has 4 rings (SSSR count). The van der Waals surface area contributed by atoms with Crippen LogP contribution in [-0.4, -0.2) is 38.3 Å². The molecule has 140 valence electrons. The fraction of sp³-hybridized carbons (Fsp3) is 0.316. The largest absolute Gasteiger partial charge is 0.496 e. The summed E-state index contributed by atoms with van der Waals surface area (Å²) in [4.78, 5) is 10.6. The van der Waals surface area contributed by atoms with Gasteiger partial charge in [-0.2, -0.15) is 5.10 Å². The molecule has 2 aromatic heterocycles. The zero-order valence-corrected chi connectivity index (χ0v) is 15.1. The van der Waals surface area contributed by atoms with E-state index in [4.69, 9.17) is 4.74 Å². The van der Waals surface area contributed by atoms with E-state index in [9.17, 15) is 4.39 Å². The normalized spacial score (nSPS) is 14.0. The molecule has 27 heavy (non-hydrogen) atoms. The number of anilines is 1. The van der Waals surface area contributed by atoms with E-state index in [1.807, 2.05) is 4.68 Å². The van der Waals surface area contributed by atoms with Crippen LogP contribution in [-0.2, 0) is 26.2 Å². The molecule has 3 heterocycles. The number of hydrogen-bond acceptors (Lipinski definition) is 6. The van der Waals surface area contributed by atoms with Crippen molar-refractivity contribution in [1.29, 1.82) is 0 Å². The van der Waals surface area contributed by atoms with Crippen LogP contribution in [0, 0.1) is 5.82 Å². The van der Waals surface area contributed by atoms with Gasteiger partial charge in [0.25, 0.3) is 0 Å². The van der Waals surface area contributed by atoms with Crippen LogP contribution in [0.3, 0.4) is 0 Å². The summed E-state index contributed by atoms with van der Waals surface area (Å²) in [5.74, 6) is 1.05. The average Bonchev–Trinajstić information content (AvgIpc) is 3.10. The second-order valence-corrected chi connectivity index (χ2v) is 6.44. The summed E-state index contributed by atoms with van der Waals surface area (Å²) >= 11 is 0. The number of halogens is 1. The van der Waals surface area contributed by atoms with Crippen LogP contribution in [0.25, 0.3) is 0 Å². The summed E-state index contributed by atoms with van der Waals surface area (Å²) in [6.07, 6.45) is 3.40. The van der Waals surface area contributed by atoms with Gasteiger partial charge in [-0.3, -0.25) is 9.58 Å². The molecular weight excluding hydrogens is 347 g/mol. The quantitative estimate of drug-likeness (QED) is 0.721. The molecule has 0 spiro atoms. The van der Waals surface area contributed by atoms with Crippen LogP contribution in [0.4, 0.5) is 10.3 Å². The van der Waals surface area contributed by atoms with Gasteiger partial charge in [-0.25, -0.2) is 14.4 Å². The first-order valence-electron chi connectivity index (χ1n) is 8.82. The number of aromatic nitrogens is 4. The zero-order valence-electron chi connectivity index (χ0n) is 15.1. The summed E-state index contributed by atoms with van der Waals surface area (Å²) in [7, 11) is 1.61. The van der Waals surface area contributed by atoms with Crippen LogP contribution in [0.5, 0.6) is 5.75 Å². The molecule has 0 atom stereocenters. The number of fused-ring (bicyclic) bond motifs is 1. The second-order valence-electron chi connectivity index (χ2n) is 6.44. The first-order valence-corrected chi connectivity index (χ1v) is 8.82. The Morgan fingerprint density at radius 1 is 1.19 bits per heavy atom. The molecule has 0 saturated heterocycles. The predicted octanol–water partition coefficient (Wildman–Crippen LogP) is 2.45. The molecule has 1 N–H and O–H groups in total. The minimum atomic E-state index is -0.246. The number of hydrogen-bond donors (Lipinski definition) is 1. The highest BCUT2D eigenvalue weighted by atomic mass is 19.1. The van der Waals surface area contributed by atoms with E-state index in [2.05, 4.69) is 31.3 Å². The van der Waals surface area contributed by atoms with Gasteiger partial charge in [-0.15, -0.1) is 0 Å². The number of benzene rings is 1. The van der Waals surface area contributed by atoms with Gasteiger partial charge in [0.15, 0.2) is 0 Å². The Kier molecular flexibility index (Phi) is 4.97. The van der Waals surface area contributed by atoms with E-state index in [1.54, 1.807) is 37.7 Å². The Hall–Kier alpha value is -3.00. The van der Waals surface area contributed by atoms with Gasteiger partial charge in [-0.1, -0.05) is 0 Å². The van der Waals surface area contributed by atoms with Crippen molar-refractivity contribution in [2.45, 2.75) is 26.2 Å². The fourth-order valence-electron chi connectivity index (χ4n) is 3.27. The fourth-order valence-corrected chi connectivity index (χ4v) is 3.27. The van der Waals surface area contributed by atoms with Crippen LogP contribution in [0.1, 0.15) is 17.0 Å². The van der Waals surface area contributed by atoms with E-state index >= 15 is 0 Å². The SMILES string of the molecule is COc1ccc(F)cc1CN1CCn2nc(CNc3ncccn3)cc2C1. The van der Waals surface area contributed by atoms with Gasteiger partial charge >= 0.3 is 0 Å². The van der Waals surface area contributed by atoms with E-state index in [0.29, 0.717) is 24.8 Å². The maximum atomic E-state index is 13.6. The zero-order chi connectivity index (χ0) is 18.6.